The maximum absolute atomic E-state index is 13.5. The third-order valence-electron chi connectivity index (χ3n) is 3.15. The van der Waals surface area contributed by atoms with E-state index in [4.69, 9.17) is 4.74 Å². The van der Waals surface area contributed by atoms with E-state index in [2.05, 4.69) is 15.3 Å². The van der Waals surface area contributed by atoms with E-state index in [9.17, 15) is 18.4 Å². The van der Waals surface area contributed by atoms with Crippen molar-refractivity contribution >= 4 is 29.3 Å². The second-order valence-electron chi connectivity index (χ2n) is 5.47. The van der Waals surface area contributed by atoms with Gasteiger partial charge in [-0.2, -0.15) is 0 Å². The molecule has 0 saturated carbocycles. The van der Waals surface area contributed by atoms with Crippen molar-refractivity contribution < 1.29 is 23.1 Å². The highest BCUT2D eigenvalue weighted by Crippen LogP contribution is 2.17. The molecule has 2 aromatic rings. The van der Waals surface area contributed by atoms with Crippen molar-refractivity contribution in [2.45, 2.75) is 32.0 Å². The molecular weight excluding hydrogens is 364 g/mol. The third-order valence-corrected chi connectivity index (χ3v) is 3.97. The smallest absolute Gasteiger partial charge is 0.317 e. The number of halogens is 2. The molecule has 0 aliphatic rings. The Bertz CT molecular complexity index is 813. The summed E-state index contributed by atoms with van der Waals surface area (Å²) in [5, 5.41) is 2.68. The van der Waals surface area contributed by atoms with E-state index in [-0.39, 0.29) is 11.4 Å². The standard InChI is InChI=1S/C17H17F2N3O3S/c1-9-6-10(2)21-17(20-9)26-8-15(23)25-11(3)16(24)22-14-5-4-12(18)7-13(14)19/h4-7,11H,8H2,1-3H3,(H,22,24). The number of aromatic nitrogens is 2. The number of hydrogen-bond acceptors (Lipinski definition) is 6. The van der Waals surface area contributed by atoms with Crippen molar-refractivity contribution in [1.82, 2.24) is 9.97 Å². The second-order valence-corrected chi connectivity index (χ2v) is 6.41. The molecule has 138 valence electrons. The Kier molecular flexibility index (Phi) is 6.62. The maximum atomic E-state index is 13.5. The van der Waals surface area contributed by atoms with Crippen LogP contribution in [0.3, 0.4) is 0 Å². The quantitative estimate of drug-likeness (QED) is 0.471. The van der Waals surface area contributed by atoms with Gasteiger partial charge >= 0.3 is 5.97 Å². The number of benzene rings is 1. The van der Waals surface area contributed by atoms with Gasteiger partial charge in [-0.05, 0) is 39.0 Å². The van der Waals surface area contributed by atoms with E-state index in [1.165, 1.54) is 6.92 Å². The molecule has 6 nitrogen and oxygen atoms in total. The molecule has 0 fully saturated rings. The Labute approximate surface area is 153 Å². The van der Waals surface area contributed by atoms with Crippen LogP contribution in [0.15, 0.2) is 29.4 Å². The first-order valence-electron chi connectivity index (χ1n) is 7.65. The number of anilines is 1. The molecule has 2 rings (SSSR count). The molecule has 1 aromatic carbocycles. The lowest BCUT2D eigenvalue weighted by Crippen LogP contribution is -2.30. The highest BCUT2D eigenvalue weighted by atomic mass is 32.2. The zero-order chi connectivity index (χ0) is 19.3. The Morgan fingerprint density at radius 3 is 2.46 bits per heavy atom. The SMILES string of the molecule is Cc1cc(C)nc(SCC(=O)OC(C)C(=O)Nc2ccc(F)cc2F)n1. The normalized spacial score (nSPS) is 11.7. The molecule has 1 N–H and O–H groups in total. The number of ether oxygens (including phenoxy) is 1. The predicted molar refractivity (Wildman–Crippen MR) is 92.8 cm³/mol. The molecule has 1 amide bonds. The van der Waals surface area contributed by atoms with E-state index in [0.717, 1.165) is 35.3 Å². The van der Waals surface area contributed by atoms with Gasteiger partial charge < -0.3 is 10.1 Å². The molecule has 1 unspecified atom stereocenters. The minimum atomic E-state index is -1.15. The molecule has 1 atom stereocenters. The molecule has 0 spiro atoms. The second kappa shape index (κ2) is 8.70. The average Bonchev–Trinajstić information content (AvgIpc) is 2.54. The summed E-state index contributed by atoms with van der Waals surface area (Å²) in [5.74, 6) is -3.12. The summed E-state index contributed by atoms with van der Waals surface area (Å²) in [6, 6.07) is 4.55. The Balaban J connectivity index is 1.86. The number of nitrogens with zero attached hydrogens (tertiary/aromatic N) is 2. The monoisotopic (exact) mass is 381 g/mol. The van der Waals surface area contributed by atoms with E-state index in [1.54, 1.807) is 0 Å². The fourth-order valence-corrected chi connectivity index (χ4v) is 2.72. The van der Waals surface area contributed by atoms with Crippen LogP contribution >= 0.6 is 11.8 Å². The summed E-state index contributed by atoms with van der Waals surface area (Å²) in [4.78, 5) is 32.2. The fraction of sp³-hybridized carbons (Fsp3) is 0.294. The number of thioether (sulfide) groups is 1. The number of esters is 1. The molecule has 9 heteroatoms. The topological polar surface area (TPSA) is 81.2 Å². The Morgan fingerprint density at radius 2 is 1.85 bits per heavy atom. The van der Waals surface area contributed by atoms with E-state index < -0.39 is 29.6 Å². The van der Waals surface area contributed by atoms with Crippen LogP contribution in [0, 0.1) is 25.5 Å². The highest BCUT2D eigenvalue weighted by molar-refractivity contribution is 7.99. The zero-order valence-electron chi connectivity index (χ0n) is 14.4. The van der Waals surface area contributed by atoms with Crippen LogP contribution in [0.2, 0.25) is 0 Å². The number of carbonyl (C=O) groups excluding carboxylic acids is 2. The van der Waals surface area contributed by atoms with E-state index >= 15 is 0 Å². The lowest BCUT2D eigenvalue weighted by atomic mass is 10.2. The molecule has 0 aliphatic heterocycles. The van der Waals surface area contributed by atoms with Crippen molar-refractivity contribution in [2.75, 3.05) is 11.1 Å². The van der Waals surface area contributed by atoms with Crippen LogP contribution in [-0.4, -0.2) is 33.7 Å². The van der Waals surface area contributed by atoms with Gasteiger partial charge in [-0.1, -0.05) is 11.8 Å². The van der Waals surface area contributed by atoms with Crippen LogP contribution in [0.4, 0.5) is 14.5 Å². The first kappa shape index (κ1) is 19.8. The van der Waals surface area contributed by atoms with Crippen molar-refractivity contribution in [3.05, 3.63) is 47.3 Å². The molecule has 0 bridgehead atoms. The predicted octanol–water partition coefficient (Wildman–Crippen LogP) is 3.03. The molecular formula is C17H17F2N3O3S. The lowest BCUT2D eigenvalue weighted by molar-refractivity contribution is -0.150. The highest BCUT2D eigenvalue weighted by Gasteiger charge is 2.19. The Morgan fingerprint density at radius 1 is 1.19 bits per heavy atom. The summed E-state index contributed by atoms with van der Waals surface area (Å²) in [6.07, 6.45) is -1.15. The summed E-state index contributed by atoms with van der Waals surface area (Å²) in [5.41, 5.74) is 1.36. The van der Waals surface area contributed by atoms with Gasteiger partial charge in [0.25, 0.3) is 5.91 Å². The summed E-state index contributed by atoms with van der Waals surface area (Å²) >= 11 is 1.09. The van der Waals surface area contributed by atoms with Gasteiger partial charge in [0, 0.05) is 17.5 Å². The van der Waals surface area contributed by atoms with E-state index in [1.807, 2.05) is 19.9 Å². The van der Waals surface area contributed by atoms with Crippen LogP contribution in [0.5, 0.6) is 0 Å². The number of aryl methyl sites for hydroxylation is 2. The first-order valence-corrected chi connectivity index (χ1v) is 8.63. The third kappa shape index (κ3) is 5.76. The largest absolute Gasteiger partial charge is 0.452 e. The fourth-order valence-electron chi connectivity index (χ4n) is 1.99. The minimum Gasteiger partial charge on any atom is -0.452 e. The van der Waals surface area contributed by atoms with Crippen LogP contribution in [0.25, 0.3) is 0 Å². The van der Waals surface area contributed by atoms with Crippen LogP contribution in [-0.2, 0) is 14.3 Å². The van der Waals surface area contributed by atoms with Gasteiger partial charge in [0.15, 0.2) is 11.3 Å². The van der Waals surface area contributed by atoms with Gasteiger partial charge in [0.1, 0.15) is 11.6 Å². The minimum absolute atomic E-state index is 0.0780. The van der Waals surface area contributed by atoms with Crippen molar-refractivity contribution in [3.63, 3.8) is 0 Å². The number of rotatable bonds is 6. The van der Waals surface area contributed by atoms with Crippen molar-refractivity contribution in [3.8, 4) is 0 Å². The summed E-state index contributed by atoms with van der Waals surface area (Å²) in [6.45, 7) is 4.99. The molecule has 26 heavy (non-hydrogen) atoms. The average molecular weight is 381 g/mol. The zero-order valence-corrected chi connectivity index (χ0v) is 15.2. The van der Waals surface area contributed by atoms with Gasteiger partial charge in [-0.15, -0.1) is 0 Å². The number of hydrogen-bond donors (Lipinski definition) is 1. The van der Waals surface area contributed by atoms with Crippen LogP contribution in [0.1, 0.15) is 18.3 Å². The van der Waals surface area contributed by atoms with Crippen molar-refractivity contribution in [2.24, 2.45) is 0 Å². The van der Waals surface area contributed by atoms with Crippen LogP contribution < -0.4 is 5.32 Å². The number of amides is 1. The molecule has 0 aliphatic carbocycles. The summed E-state index contributed by atoms with van der Waals surface area (Å²) in [7, 11) is 0. The summed E-state index contributed by atoms with van der Waals surface area (Å²) < 4.78 is 31.4. The molecule has 1 aromatic heterocycles. The number of nitrogens with one attached hydrogen (secondary N) is 1. The lowest BCUT2D eigenvalue weighted by Gasteiger charge is -2.13. The van der Waals surface area contributed by atoms with Gasteiger partial charge in [0.2, 0.25) is 0 Å². The van der Waals surface area contributed by atoms with Gasteiger partial charge in [-0.3, -0.25) is 9.59 Å². The molecule has 0 radical (unpaired) electrons. The van der Waals surface area contributed by atoms with E-state index in [0.29, 0.717) is 11.2 Å². The number of carbonyl (C=O) groups is 2. The molecule has 0 saturated heterocycles. The van der Waals surface area contributed by atoms with Gasteiger partial charge in [0.05, 0.1) is 11.4 Å². The maximum Gasteiger partial charge on any atom is 0.317 e. The van der Waals surface area contributed by atoms with Gasteiger partial charge in [-0.25, -0.2) is 18.7 Å². The Hall–Kier alpha value is -2.55. The first-order chi connectivity index (χ1) is 12.2. The van der Waals surface area contributed by atoms with Crippen molar-refractivity contribution in [1.29, 1.82) is 0 Å². The molecule has 1 heterocycles.